The third-order valence-corrected chi connectivity index (χ3v) is 6.80. The smallest absolute Gasteiger partial charge is 0.272 e. The van der Waals surface area contributed by atoms with Gasteiger partial charge in [-0.2, -0.15) is 15.5 Å². The van der Waals surface area contributed by atoms with Crippen LogP contribution >= 0.6 is 0 Å². The summed E-state index contributed by atoms with van der Waals surface area (Å²) in [5.41, 5.74) is 11.0. The fourth-order valence-corrected chi connectivity index (χ4v) is 5.02. The minimum absolute atomic E-state index is 0.197. The molecule has 182 valence electrons. The SMILES string of the molecule is N#Cc1cc(N2CCOCC2)cc2c1-c1c(-c3ccc4c(=O)[nH]nc(CN)c4c3)cnn1CCCO2. The van der Waals surface area contributed by atoms with Gasteiger partial charge in [-0.1, -0.05) is 6.07 Å². The summed E-state index contributed by atoms with van der Waals surface area (Å²) in [6.45, 7) is 4.23. The first-order chi connectivity index (χ1) is 17.7. The molecule has 36 heavy (non-hydrogen) atoms. The molecule has 0 spiro atoms. The van der Waals surface area contributed by atoms with E-state index in [1.54, 1.807) is 6.07 Å². The van der Waals surface area contributed by atoms with Crippen molar-refractivity contribution in [3.8, 4) is 34.2 Å². The average molecular weight is 484 g/mol. The molecule has 0 radical (unpaired) electrons. The molecular formula is C26H25N7O3. The number of H-pyrrole nitrogens is 1. The Morgan fingerprint density at radius 1 is 1.11 bits per heavy atom. The van der Waals surface area contributed by atoms with Crippen molar-refractivity contribution in [2.24, 2.45) is 5.73 Å². The number of aromatic amines is 1. The Hall–Kier alpha value is -4.20. The molecule has 10 nitrogen and oxygen atoms in total. The zero-order valence-electron chi connectivity index (χ0n) is 19.7. The van der Waals surface area contributed by atoms with E-state index < -0.39 is 0 Å². The van der Waals surface area contributed by atoms with E-state index in [2.05, 4.69) is 26.3 Å². The number of nitrogens with two attached hydrogens (primary N) is 1. The molecule has 4 heterocycles. The molecule has 3 N–H and O–H groups in total. The monoisotopic (exact) mass is 483 g/mol. The Bertz CT molecular complexity index is 1560. The van der Waals surface area contributed by atoms with E-state index in [1.807, 2.05) is 35.1 Å². The van der Waals surface area contributed by atoms with Crippen molar-refractivity contribution in [3.63, 3.8) is 0 Å². The van der Waals surface area contributed by atoms with Gasteiger partial charge in [0.05, 0.1) is 53.9 Å². The van der Waals surface area contributed by atoms with Crippen LogP contribution in [0.5, 0.6) is 5.75 Å². The molecule has 4 aromatic rings. The summed E-state index contributed by atoms with van der Waals surface area (Å²) in [5.74, 6) is 0.666. The van der Waals surface area contributed by atoms with Gasteiger partial charge in [0, 0.05) is 55.3 Å². The van der Waals surface area contributed by atoms with Crippen molar-refractivity contribution in [2.45, 2.75) is 19.5 Å². The number of ether oxygens (including phenoxy) is 2. The van der Waals surface area contributed by atoms with Gasteiger partial charge in [-0.25, -0.2) is 5.10 Å². The fraction of sp³-hybridized carbons (Fsp3) is 0.308. The quantitative estimate of drug-likeness (QED) is 0.454. The van der Waals surface area contributed by atoms with Crippen LogP contribution in [0.1, 0.15) is 17.7 Å². The van der Waals surface area contributed by atoms with Gasteiger partial charge < -0.3 is 20.1 Å². The maximum atomic E-state index is 12.3. The van der Waals surface area contributed by atoms with Gasteiger partial charge in [0.2, 0.25) is 0 Å². The van der Waals surface area contributed by atoms with E-state index >= 15 is 0 Å². The fourth-order valence-electron chi connectivity index (χ4n) is 5.02. The normalized spacial score (nSPS) is 15.4. The number of rotatable bonds is 3. The lowest BCUT2D eigenvalue weighted by Gasteiger charge is -2.30. The molecule has 0 atom stereocenters. The standard InChI is InChI=1S/C26H25N7O3/c27-13-17-10-18(32-5-8-35-9-6-32)12-23-24(17)25-21(15-29-33(25)4-1-7-36-23)16-2-3-19-20(11-16)22(14-28)30-31-26(19)34/h2-3,10-12,15H,1,4-9,14,28H2,(H,31,34). The number of morpholine rings is 1. The van der Waals surface area contributed by atoms with Crippen LogP contribution in [0, 0.1) is 11.3 Å². The molecule has 10 heteroatoms. The summed E-state index contributed by atoms with van der Waals surface area (Å²) in [6.07, 6.45) is 2.59. The second-order valence-corrected chi connectivity index (χ2v) is 8.87. The molecule has 0 amide bonds. The number of nitriles is 1. The lowest BCUT2D eigenvalue weighted by atomic mass is 9.94. The molecule has 1 saturated heterocycles. The summed E-state index contributed by atoms with van der Waals surface area (Å²) in [6, 6.07) is 11.9. The number of anilines is 1. The van der Waals surface area contributed by atoms with Gasteiger partial charge in [0.1, 0.15) is 11.8 Å². The van der Waals surface area contributed by atoms with Gasteiger partial charge in [-0.3, -0.25) is 9.48 Å². The van der Waals surface area contributed by atoms with Crippen molar-refractivity contribution < 1.29 is 9.47 Å². The maximum Gasteiger partial charge on any atom is 0.272 e. The molecular weight excluding hydrogens is 458 g/mol. The molecule has 0 saturated carbocycles. The molecule has 6 rings (SSSR count). The largest absolute Gasteiger partial charge is 0.493 e. The maximum absolute atomic E-state index is 12.3. The molecule has 0 aliphatic carbocycles. The van der Waals surface area contributed by atoms with Crippen molar-refractivity contribution in [3.05, 3.63) is 58.1 Å². The van der Waals surface area contributed by atoms with Gasteiger partial charge in [-0.15, -0.1) is 0 Å². The highest BCUT2D eigenvalue weighted by molar-refractivity contribution is 5.93. The minimum atomic E-state index is -0.264. The molecule has 0 unspecified atom stereocenters. The van der Waals surface area contributed by atoms with Gasteiger partial charge in [0.25, 0.3) is 5.56 Å². The van der Waals surface area contributed by atoms with E-state index in [9.17, 15) is 10.1 Å². The first-order valence-corrected chi connectivity index (χ1v) is 12.0. The van der Waals surface area contributed by atoms with Crippen LogP contribution in [0.3, 0.4) is 0 Å². The third kappa shape index (κ3) is 3.69. The van der Waals surface area contributed by atoms with E-state index in [0.29, 0.717) is 54.1 Å². The van der Waals surface area contributed by atoms with Crippen molar-refractivity contribution in [1.82, 2.24) is 20.0 Å². The second kappa shape index (κ2) is 9.11. The summed E-state index contributed by atoms with van der Waals surface area (Å²) < 4.78 is 13.7. The van der Waals surface area contributed by atoms with Crippen LogP contribution < -0.4 is 20.9 Å². The van der Waals surface area contributed by atoms with Crippen molar-refractivity contribution in [1.29, 1.82) is 5.26 Å². The number of benzene rings is 2. The number of nitrogens with zero attached hydrogens (tertiary/aromatic N) is 5. The Kier molecular flexibility index (Phi) is 5.64. The highest BCUT2D eigenvalue weighted by Crippen LogP contribution is 2.43. The molecule has 2 aliphatic rings. The lowest BCUT2D eigenvalue weighted by Crippen LogP contribution is -2.36. The van der Waals surface area contributed by atoms with Gasteiger partial charge in [-0.05, 0) is 23.8 Å². The third-order valence-electron chi connectivity index (χ3n) is 6.80. The molecule has 1 fully saturated rings. The van der Waals surface area contributed by atoms with Crippen LogP contribution in [0.4, 0.5) is 5.69 Å². The molecule has 2 aromatic heterocycles. The number of hydrogen-bond donors (Lipinski definition) is 2. The van der Waals surface area contributed by atoms with E-state index in [0.717, 1.165) is 47.6 Å². The van der Waals surface area contributed by atoms with E-state index in [1.165, 1.54) is 0 Å². The van der Waals surface area contributed by atoms with Gasteiger partial charge in [0.15, 0.2) is 0 Å². The highest BCUT2D eigenvalue weighted by Gasteiger charge is 2.26. The first-order valence-electron chi connectivity index (χ1n) is 12.0. The van der Waals surface area contributed by atoms with Crippen molar-refractivity contribution >= 4 is 16.5 Å². The number of fused-ring (bicyclic) bond motifs is 4. The summed E-state index contributed by atoms with van der Waals surface area (Å²) in [7, 11) is 0. The van der Waals surface area contributed by atoms with Gasteiger partial charge >= 0.3 is 0 Å². The number of aromatic nitrogens is 4. The van der Waals surface area contributed by atoms with Crippen LogP contribution in [-0.2, 0) is 17.8 Å². The average Bonchev–Trinajstić information content (AvgIpc) is 3.32. The minimum Gasteiger partial charge on any atom is -0.493 e. The van der Waals surface area contributed by atoms with Crippen LogP contribution in [0.2, 0.25) is 0 Å². The molecule has 2 aromatic carbocycles. The predicted octanol–water partition coefficient (Wildman–Crippen LogP) is 2.40. The lowest BCUT2D eigenvalue weighted by molar-refractivity contribution is 0.122. The highest BCUT2D eigenvalue weighted by atomic mass is 16.5. The predicted molar refractivity (Wildman–Crippen MR) is 135 cm³/mol. The second-order valence-electron chi connectivity index (χ2n) is 8.87. The molecule has 2 aliphatic heterocycles. The molecule has 0 bridgehead atoms. The topological polar surface area (TPSA) is 135 Å². The Labute approximate surface area is 206 Å². The van der Waals surface area contributed by atoms with Crippen LogP contribution in [0.15, 0.2) is 41.3 Å². The Morgan fingerprint density at radius 3 is 2.78 bits per heavy atom. The zero-order valence-corrected chi connectivity index (χ0v) is 19.7. The van der Waals surface area contributed by atoms with Crippen molar-refractivity contribution in [2.75, 3.05) is 37.8 Å². The van der Waals surface area contributed by atoms with E-state index in [-0.39, 0.29) is 12.1 Å². The number of aryl methyl sites for hydroxylation is 1. The zero-order chi connectivity index (χ0) is 24.6. The van der Waals surface area contributed by atoms with Crippen LogP contribution in [0.25, 0.3) is 33.2 Å². The number of hydrogen-bond acceptors (Lipinski definition) is 8. The summed E-state index contributed by atoms with van der Waals surface area (Å²) in [4.78, 5) is 14.5. The summed E-state index contributed by atoms with van der Waals surface area (Å²) in [5, 5.41) is 22.7. The Morgan fingerprint density at radius 2 is 1.97 bits per heavy atom. The van der Waals surface area contributed by atoms with E-state index in [4.69, 9.17) is 15.2 Å². The summed E-state index contributed by atoms with van der Waals surface area (Å²) >= 11 is 0. The first kappa shape index (κ1) is 22.3. The number of nitrogens with one attached hydrogen (secondary N) is 1. The Balaban J connectivity index is 1.56. The van der Waals surface area contributed by atoms with Crippen LogP contribution in [-0.4, -0.2) is 52.9 Å².